The smallest absolute Gasteiger partial charge is 0.146 e. The minimum absolute atomic E-state index is 0.133. The Morgan fingerprint density at radius 3 is 2.75 bits per heavy atom. The first kappa shape index (κ1) is 16.9. The zero-order valence-corrected chi connectivity index (χ0v) is 14.5. The van der Waals surface area contributed by atoms with E-state index >= 15 is 0 Å². The van der Waals surface area contributed by atoms with Gasteiger partial charge in [0.2, 0.25) is 0 Å². The van der Waals surface area contributed by atoms with Gasteiger partial charge in [-0.2, -0.15) is 0 Å². The van der Waals surface area contributed by atoms with Crippen molar-refractivity contribution in [2.75, 3.05) is 42.1 Å². The maximum atomic E-state index is 14.1. The number of benzene rings is 2. The Bertz CT molecular complexity index is 729. The Morgan fingerprint density at radius 1 is 1.25 bits per heavy atom. The fourth-order valence-corrected chi connectivity index (χ4v) is 3.20. The van der Waals surface area contributed by atoms with Crippen LogP contribution in [0.5, 0.6) is 0 Å². The quantitative estimate of drug-likeness (QED) is 0.741. The molecule has 3 rings (SSSR count). The second kappa shape index (κ2) is 7.28. The lowest BCUT2D eigenvalue weighted by Gasteiger charge is -2.31. The molecule has 0 amide bonds. The average Bonchev–Trinajstić information content (AvgIpc) is 2.59. The van der Waals surface area contributed by atoms with E-state index in [-0.39, 0.29) is 10.8 Å². The predicted octanol–water partition coefficient (Wildman–Crippen LogP) is 3.39. The Balaban J connectivity index is 1.83. The first-order valence-corrected chi connectivity index (χ1v) is 8.47. The molecule has 0 bridgehead atoms. The van der Waals surface area contributed by atoms with Crippen LogP contribution in [0.4, 0.5) is 21.5 Å². The third-order valence-electron chi connectivity index (χ3n) is 4.38. The number of rotatable bonds is 4. The van der Waals surface area contributed by atoms with Gasteiger partial charge in [0.25, 0.3) is 0 Å². The van der Waals surface area contributed by atoms with Gasteiger partial charge in [-0.15, -0.1) is 0 Å². The molecular weight excluding hydrogens is 327 g/mol. The van der Waals surface area contributed by atoms with Crippen LogP contribution in [0.1, 0.15) is 11.1 Å². The highest BCUT2D eigenvalue weighted by molar-refractivity contribution is 6.30. The van der Waals surface area contributed by atoms with Gasteiger partial charge in [-0.1, -0.05) is 29.8 Å². The van der Waals surface area contributed by atoms with Gasteiger partial charge < -0.3 is 21.3 Å². The summed E-state index contributed by atoms with van der Waals surface area (Å²) in [6, 6.07) is 9.12. The van der Waals surface area contributed by atoms with Crippen molar-refractivity contribution in [3.05, 3.63) is 52.3 Å². The number of hydrogen-bond acceptors (Lipinski definition) is 4. The summed E-state index contributed by atoms with van der Waals surface area (Å²) in [6.07, 6.45) is 0. The van der Waals surface area contributed by atoms with Crippen LogP contribution in [0.25, 0.3) is 0 Å². The van der Waals surface area contributed by atoms with E-state index in [9.17, 15) is 4.39 Å². The zero-order chi connectivity index (χ0) is 17.1. The number of nitrogens with one attached hydrogen (secondary N) is 2. The summed E-state index contributed by atoms with van der Waals surface area (Å²) >= 11 is 5.84. The molecular formula is C18H22ClFN4. The molecule has 2 aromatic carbocycles. The van der Waals surface area contributed by atoms with Crippen LogP contribution in [-0.4, -0.2) is 26.2 Å². The molecule has 2 aromatic rings. The molecule has 1 fully saturated rings. The standard InChI is InChI=1S/C18H22ClFN4/c1-12-5-6-15(24-9-7-22-8-10-24)17(21)18(12)23-11-13-3-2-4-14(19)16(13)20/h2-6,22-23H,7-11,21H2,1H3. The van der Waals surface area contributed by atoms with Gasteiger partial charge in [0.15, 0.2) is 0 Å². The number of hydrogen-bond donors (Lipinski definition) is 3. The Kier molecular flexibility index (Phi) is 5.11. The maximum absolute atomic E-state index is 14.1. The van der Waals surface area contributed by atoms with Crippen LogP contribution < -0.4 is 21.3 Å². The van der Waals surface area contributed by atoms with E-state index in [4.69, 9.17) is 17.3 Å². The van der Waals surface area contributed by atoms with E-state index in [0.717, 1.165) is 43.1 Å². The number of piperazine rings is 1. The molecule has 0 atom stereocenters. The first-order valence-electron chi connectivity index (χ1n) is 8.09. The largest absolute Gasteiger partial charge is 0.395 e. The van der Waals surface area contributed by atoms with Crippen molar-refractivity contribution in [2.24, 2.45) is 0 Å². The van der Waals surface area contributed by atoms with Crippen LogP contribution in [0, 0.1) is 12.7 Å². The third kappa shape index (κ3) is 3.42. The summed E-state index contributed by atoms with van der Waals surface area (Å²) < 4.78 is 14.1. The molecule has 0 aliphatic carbocycles. The van der Waals surface area contributed by atoms with Crippen molar-refractivity contribution < 1.29 is 4.39 Å². The summed E-state index contributed by atoms with van der Waals surface area (Å²) in [7, 11) is 0. The molecule has 4 nitrogen and oxygen atoms in total. The van der Waals surface area contributed by atoms with Gasteiger partial charge in [-0.3, -0.25) is 0 Å². The molecule has 1 saturated heterocycles. The molecule has 1 aliphatic rings. The lowest BCUT2D eigenvalue weighted by molar-refractivity contribution is 0.589. The topological polar surface area (TPSA) is 53.3 Å². The molecule has 24 heavy (non-hydrogen) atoms. The van der Waals surface area contributed by atoms with Crippen LogP contribution in [-0.2, 0) is 6.54 Å². The molecule has 128 valence electrons. The van der Waals surface area contributed by atoms with Gasteiger partial charge in [0.1, 0.15) is 5.82 Å². The molecule has 6 heteroatoms. The van der Waals surface area contributed by atoms with E-state index in [1.165, 1.54) is 0 Å². The Morgan fingerprint density at radius 2 is 2.00 bits per heavy atom. The number of nitrogens with zero attached hydrogens (tertiary/aromatic N) is 1. The summed E-state index contributed by atoms with van der Waals surface area (Å²) in [5.74, 6) is -0.388. The van der Waals surface area contributed by atoms with E-state index in [1.54, 1.807) is 18.2 Å². The van der Waals surface area contributed by atoms with Crippen LogP contribution in [0.3, 0.4) is 0 Å². The number of aryl methyl sites for hydroxylation is 1. The minimum atomic E-state index is -0.388. The number of halogens is 2. The molecule has 0 unspecified atom stereocenters. The number of nitrogen functional groups attached to an aromatic ring is 1. The van der Waals surface area contributed by atoms with E-state index in [0.29, 0.717) is 17.8 Å². The van der Waals surface area contributed by atoms with Gasteiger partial charge in [0.05, 0.1) is 22.1 Å². The Hall–Kier alpha value is -1.98. The highest BCUT2D eigenvalue weighted by atomic mass is 35.5. The molecule has 1 heterocycles. The van der Waals surface area contributed by atoms with Gasteiger partial charge >= 0.3 is 0 Å². The average molecular weight is 349 g/mol. The van der Waals surface area contributed by atoms with Crippen molar-refractivity contribution in [2.45, 2.75) is 13.5 Å². The van der Waals surface area contributed by atoms with Crippen molar-refractivity contribution in [1.29, 1.82) is 0 Å². The summed E-state index contributed by atoms with van der Waals surface area (Å²) in [5.41, 5.74) is 10.5. The van der Waals surface area contributed by atoms with Gasteiger partial charge in [-0.25, -0.2) is 4.39 Å². The zero-order valence-electron chi connectivity index (χ0n) is 13.7. The van der Waals surface area contributed by atoms with Crippen molar-refractivity contribution in [3.8, 4) is 0 Å². The second-order valence-corrected chi connectivity index (χ2v) is 6.40. The first-order chi connectivity index (χ1) is 11.6. The summed E-state index contributed by atoms with van der Waals surface area (Å²) in [6.45, 7) is 6.08. The SMILES string of the molecule is Cc1ccc(N2CCNCC2)c(N)c1NCc1cccc(Cl)c1F. The van der Waals surface area contributed by atoms with Crippen molar-refractivity contribution in [3.63, 3.8) is 0 Å². The number of nitrogens with two attached hydrogens (primary N) is 1. The van der Waals surface area contributed by atoms with Gasteiger partial charge in [-0.05, 0) is 24.6 Å². The maximum Gasteiger partial charge on any atom is 0.146 e. The normalized spacial score (nSPS) is 14.7. The van der Waals surface area contributed by atoms with Crippen molar-refractivity contribution >= 4 is 28.7 Å². The highest BCUT2D eigenvalue weighted by Gasteiger charge is 2.16. The molecule has 4 N–H and O–H groups in total. The Labute approximate surface area is 146 Å². The fraction of sp³-hybridized carbons (Fsp3) is 0.333. The lowest BCUT2D eigenvalue weighted by atomic mass is 10.1. The minimum Gasteiger partial charge on any atom is -0.395 e. The molecule has 0 aromatic heterocycles. The second-order valence-electron chi connectivity index (χ2n) is 5.99. The third-order valence-corrected chi connectivity index (χ3v) is 4.67. The molecule has 0 spiro atoms. The monoisotopic (exact) mass is 348 g/mol. The number of anilines is 3. The molecule has 0 radical (unpaired) electrons. The van der Waals surface area contributed by atoms with Crippen LogP contribution in [0.2, 0.25) is 5.02 Å². The van der Waals surface area contributed by atoms with Crippen LogP contribution in [0.15, 0.2) is 30.3 Å². The lowest BCUT2D eigenvalue weighted by Crippen LogP contribution is -2.43. The van der Waals surface area contributed by atoms with E-state index in [2.05, 4.69) is 21.6 Å². The van der Waals surface area contributed by atoms with E-state index < -0.39 is 0 Å². The van der Waals surface area contributed by atoms with Gasteiger partial charge in [0, 0.05) is 38.3 Å². The molecule has 0 saturated carbocycles. The van der Waals surface area contributed by atoms with Crippen LogP contribution >= 0.6 is 11.6 Å². The summed E-state index contributed by atoms with van der Waals surface area (Å²) in [5, 5.41) is 6.75. The summed E-state index contributed by atoms with van der Waals surface area (Å²) in [4.78, 5) is 2.27. The molecule has 1 aliphatic heterocycles. The van der Waals surface area contributed by atoms with E-state index in [1.807, 2.05) is 13.0 Å². The predicted molar refractivity (Wildman–Crippen MR) is 99.4 cm³/mol. The van der Waals surface area contributed by atoms with Crippen molar-refractivity contribution in [1.82, 2.24) is 5.32 Å². The fourth-order valence-electron chi connectivity index (χ4n) is 3.00. The highest BCUT2D eigenvalue weighted by Crippen LogP contribution is 2.34.